The van der Waals surface area contributed by atoms with Crippen LogP contribution in [-0.2, 0) is 9.59 Å². The van der Waals surface area contributed by atoms with Crippen molar-refractivity contribution >= 4 is 11.8 Å². The number of primary amides is 1. The van der Waals surface area contributed by atoms with Gasteiger partial charge in [-0.3, -0.25) is 9.59 Å². The second-order valence-corrected chi connectivity index (χ2v) is 4.75. The number of unbranched alkanes of at least 4 members (excludes halogenated alkanes) is 1. The number of carbonyl (C=O) groups is 2. The molecule has 0 heterocycles. The number of amides is 2. The average molecular weight is 244 g/mol. The molecule has 17 heavy (non-hydrogen) atoms. The first kappa shape index (κ1) is 15.9. The van der Waals surface area contributed by atoms with Crippen LogP contribution in [0.3, 0.4) is 0 Å². The smallest absolute Gasteiger partial charge is 0.249 e. The van der Waals surface area contributed by atoms with Gasteiger partial charge in [0.2, 0.25) is 11.8 Å². The summed E-state index contributed by atoms with van der Waals surface area (Å²) in [7, 11) is 0. The summed E-state index contributed by atoms with van der Waals surface area (Å²) in [5.74, 6) is -0.847. The lowest BCUT2D eigenvalue weighted by Crippen LogP contribution is -2.48. The SMILES string of the molecule is CCCC[C@@H](NC(=O)[C@H](O)CC(C)C)C(N)=O. The Bertz CT molecular complexity index is 254. The number of aliphatic hydroxyl groups excluding tert-OH is 1. The van der Waals surface area contributed by atoms with E-state index in [1.165, 1.54) is 0 Å². The van der Waals surface area contributed by atoms with Crippen molar-refractivity contribution in [3.8, 4) is 0 Å². The monoisotopic (exact) mass is 244 g/mol. The van der Waals surface area contributed by atoms with Gasteiger partial charge in [0, 0.05) is 0 Å². The maximum absolute atomic E-state index is 11.6. The Morgan fingerprint density at radius 1 is 1.35 bits per heavy atom. The van der Waals surface area contributed by atoms with Crippen LogP contribution in [0.4, 0.5) is 0 Å². The van der Waals surface area contributed by atoms with Gasteiger partial charge in [0.1, 0.15) is 12.1 Å². The van der Waals surface area contributed by atoms with Gasteiger partial charge in [-0.05, 0) is 18.8 Å². The first-order valence-electron chi connectivity index (χ1n) is 6.16. The van der Waals surface area contributed by atoms with E-state index in [2.05, 4.69) is 5.32 Å². The van der Waals surface area contributed by atoms with Gasteiger partial charge in [-0.15, -0.1) is 0 Å². The standard InChI is InChI=1S/C12H24N2O3/c1-4-5-6-9(11(13)16)14-12(17)10(15)7-8(2)3/h8-10,15H,4-7H2,1-3H3,(H2,13,16)(H,14,17)/t9-,10-/m1/s1. The summed E-state index contributed by atoms with van der Waals surface area (Å²) in [4.78, 5) is 22.7. The molecule has 0 aromatic rings. The highest BCUT2D eigenvalue weighted by molar-refractivity contribution is 5.88. The van der Waals surface area contributed by atoms with Crippen LogP contribution in [0.5, 0.6) is 0 Å². The number of hydrogen-bond donors (Lipinski definition) is 3. The Morgan fingerprint density at radius 2 is 1.94 bits per heavy atom. The predicted molar refractivity (Wildman–Crippen MR) is 66.1 cm³/mol. The van der Waals surface area contributed by atoms with Gasteiger partial charge in [-0.25, -0.2) is 0 Å². The minimum atomic E-state index is -1.07. The molecule has 4 N–H and O–H groups in total. The topological polar surface area (TPSA) is 92.4 Å². The molecule has 0 aliphatic rings. The van der Waals surface area contributed by atoms with Crippen LogP contribution in [0.2, 0.25) is 0 Å². The van der Waals surface area contributed by atoms with Crippen LogP contribution in [-0.4, -0.2) is 29.1 Å². The summed E-state index contributed by atoms with van der Waals surface area (Å²) >= 11 is 0. The second-order valence-electron chi connectivity index (χ2n) is 4.75. The highest BCUT2D eigenvalue weighted by Crippen LogP contribution is 2.06. The summed E-state index contributed by atoms with van der Waals surface area (Å²) in [5, 5.41) is 12.1. The molecule has 0 aromatic carbocycles. The maximum atomic E-state index is 11.6. The Kier molecular flexibility index (Phi) is 7.54. The van der Waals surface area contributed by atoms with Crippen molar-refractivity contribution in [3.05, 3.63) is 0 Å². The lowest BCUT2D eigenvalue weighted by Gasteiger charge is -2.18. The van der Waals surface area contributed by atoms with E-state index in [1.54, 1.807) is 0 Å². The minimum Gasteiger partial charge on any atom is -0.383 e. The van der Waals surface area contributed by atoms with E-state index in [9.17, 15) is 14.7 Å². The number of rotatable bonds is 8. The third kappa shape index (κ3) is 6.94. The zero-order valence-electron chi connectivity index (χ0n) is 10.9. The molecule has 100 valence electrons. The minimum absolute atomic E-state index is 0.221. The van der Waals surface area contributed by atoms with Gasteiger partial charge in [0.05, 0.1) is 0 Å². The van der Waals surface area contributed by atoms with E-state index in [4.69, 9.17) is 5.73 Å². The fraction of sp³-hybridized carbons (Fsp3) is 0.833. The molecule has 0 rings (SSSR count). The molecule has 0 aliphatic heterocycles. The molecule has 5 heteroatoms. The van der Waals surface area contributed by atoms with E-state index in [0.29, 0.717) is 12.8 Å². The first-order chi connectivity index (χ1) is 7.88. The fourth-order valence-electron chi connectivity index (χ4n) is 1.52. The average Bonchev–Trinajstić information content (AvgIpc) is 2.22. The summed E-state index contributed by atoms with van der Waals surface area (Å²) in [6.45, 7) is 5.83. The lowest BCUT2D eigenvalue weighted by molar-refractivity contribution is -0.133. The molecule has 0 fully saturated rings. The molecule has 0 bridgehead atoms. The third-order valence-electron chi connectivity index (χ3n) is 2.50. The van der Waals surface area contributed by atoms with Crippen LogP contribution in [0.25, 0.3) is 0 Å². The van der Waals surface area contributed by atoms with Gasteiger partial charge in [0.15, 0.2) is 0 Å². The molecule has 0 saturated heterocycles. The highest BCUT2D eigenvalue weighted by atomic mass is 16.3. The molecular weight excluding hydrogens is 220 g/mol. The molecule has 2 amide bonds. The molecule has 0 saturated carbocycles. The number of nitrogens with two attached hydrogens (primary N) is 1. The molecule has 0 aromatic heterocycles. The molecule has 0 aliphatic carbocycles. The van der Waals surface area contributed by atoms with Gasteiger partial charge in [-0.1, -0.05) is 33.6 Å². The molecular formula is C12H24N2O3. The largest absolute Gasteiger partial charge is 0.383 e. The number of aliphatic hydroxyl groups is 1. The Morgan fingerprint density at radius 3 is 2.35 bits per heavy atom. The molecule has 0 spiro atoms. The number of carbonyl (C=O) groups excluding carboxylic acids is 2. The van der Waals surface area contributed by atoms with Crippen LogP contribution in [0.1, 0.15) is 46.5 Å². The van der Waals surface area contributed by atoms with Crippen molar-refractivity contribution < 1.29 is 14.7 Å². The fourth-order valence-corrected chi connectivity index (χ4v) is 1.52. The number of hydrogen-bond acceptors (Lipinski definition) is 3. The zero-order valence-corrected chi connectivity index (χ0v) is 10.9. The van der Waals surface area contributed by atoms with E-state index in [0.717, 1.165) is 12.8 Å². The lowest BCUT2D eigenvalue weighted by atomic mass is 10.0. The van der Waals surface area contributed by atoms with Crippen molar-refractivity contribution in [3.63, 3.8) is 0 Å². The van der Waals surface area contributed by atoms with Gasteiger partial charge >= 0.3 is 0 Å². The van der Waals surface area contributed by atoms with Crippen LogP contribution in [0, 0.1) is 5.92 Å². The number of nitrogens with one attached hydrogen (secondary N) is 1. The normalized spacial score (nSPS) is 14.4. The van der Waals surface area contributed by atoms with Gasteiger partial charge in [0.25, 0.3) is 0 Å². The summed E-state index contributed by atoms with van der Waals surface area (Å²) < 4.78 is 0. The van der Waals surface area contributed by atoms with Crippen LogP contribution >= 0.6 is 0 Å². The Hall–Kier alpha value is -1.10. The molecule has 2 atom stereocenters. The molecule has 0 unspecified atom stereocenters. The van der Waals surface area contributed by atoms with E-state index < -0.39 is 24.0 Å². The van der Waals surface area contributed by atoms with Crippen molar-refractivity contribution in [2.24, 2.45) is 11.7 Å². The Labute approximate surface area is 103 Å². The second kappa shape index (κ2) is 8.06. The highest BCUT2D eigenvalue weighted by Gasteiger charge is 2.22. The van der Waals surface area contributed by atoms with E-state index in [-0.39, 0.29) is 5.92 Å². The van der Waals surface area contributed by atoms with Gasteiger partial charge in [-0.2, -0.15) is 0 Å². The van der Waals surface area contributed by atoms with Crippen molar-refractivity contribution in [1.29, 1.82) is 0 Å². The first-order valence-corrected chi connectivity index (χ1v) is 6.16. The quantitative estimate of drug-likeness (QED) is 0.582. The van der Waals surface area contributed by atoms with Crippen LogP contribution < -0.4 is 11.1 Å². The maximum Gasteiger partial charge on any atom is 0.249 e. The molecule has 5 nitrogen and oxygen atoms in total. The third-order valence-corrected chi connectivity index (χ3v) is 2.50. The molecule has 0 radical (unpaired) electrons. The van der Waals surface area contributed by atoms with E-state index in [1.807, 2.05) is 20.8 Å². The predicted octanol–water partition coefficient (Wildman–Crippen LogP) is 0.554. The van der Waals surface area contributed by atoms with Crippen molar-refractivity contribution in [2.75, 3.05) is 0 Å². The summed E-state index contributed by atoms with van der Waals surface area (Å²) in [6.07, 6.45) is 1.57. The summed E-state index contributed by atoms with van der Waals surface area (Å²) in [5.41, 5.74) is 5.19. The van der Waals surface area contributed by atoms with E-state index >= 15 is 0 Å². The summed E-state index contributed by atoms with van der Waals surface area (Å²) in [6, 6.07) is -0.677. The van der Waals surface area contributed by atoms with Gasteiger partial charge < -0.3 is 16.2 Å². The Balaban J connectivity index is 4.24. The van der Waals surface area contributed by atoms with Crippen molar-refractivity contribution in [2.45, 2.75) is 58.6 Å². The zero-order chi connectivity index (χ0) is 13.4. The van der Waals surface area contributed by atoms with Crippen molar-refractivity contribution in [1.82, 2.24) is 5.32 Å². The van der Waals surface area contributed by atoms with Crippen LogP contribution in [0.15, 0.2) is 0 Å².